The van der Waals surface area contributed by atoms with Crippen LogP contribution in [0.4, 0.5) is 14.6 Å². The molecule has 10 nitrogen and oxygen atoms in total. The van der Waals surface area contributed by atoms with Crippen LogP contribution in [0.1, 0.15) is 23.8 Å². The minimum atomic E-state index is -2.68. The van der Waals surface area contributed by atoms with Gasteiger partial charge in [0.25, 0.3) is 12.3 Å². The largest absolute Gasteiger partial charge is 0.493 e. The molecule has 1 amide bonds. The number of aromatic nitrogens is 4. The molecule has 194 valence electrons. The lowest BCUT2D eigenvalue weighted by Gasteiger charge is -2.12. The van der Waals surface area contributed by atoms with Crippen LogP contribution in [0.25, 0.3) is 10.9 Å². The average molecular weight is 514 g/mol. The second kappa shape index (κ2) is 11.5. The Kier molecular flexibility index (Phi) is 7.96. The second-order valence-corrected chi connectivity index (χ2v) is 7.78. The number of benzene rings is 1. The highest BCUT2D eigenvalue weighted by atomic mass is 19.3. The fraction of sp³-hybridized carbons (Fsp3) is 0.280. The third kappa shape index (κ3) is 6.02. The van der Waals surface area contributed by atoms with Crippen molar-refractivity contribution in [2.75, 3.05) is 26.1 Å². The van der Waals surface area contributed by atoms with Crippen LogP contribution in [0.5, 0.6) is 28.7 Å². The van der Waals surface area contributed by atoms with Crippen LogP contribution < -0.4 is 24.3 Å². The Balaban J connectivity index is 1.50. The van der Waals surface area contributed by atoms with E-state index >= 15 is 0 Å². The molecule has 12 heteroatoms. The number of pyridine rings is 2. The van der Waals surface area contributed by atoms with Crippen LogP contribution in [0.3, 0.4) is 0 Å². The number of hydrogen-bond acceptors (Lipinski definition) is 8. The van der Waals surface area contributed by atoms with E-state index in [2.05, 4.69) is 20.4 Å². The Morgan fingerprint density at radius 1 is 1.05 bits per heavy atom. The monoisotopic (exact) mass is 513 g/mol. The Hall–Kier alpha value is -4.48. The van der Waals surface area contributed by atoms with Crippen molar-refractivity contribution in [3.8, 4) is 28.7 Å². The predicted octanol–water partition coefficient (Wildman–Crippen LogP) is 4.94. The number of anilines is 1. The van der Waals surface area contributed by atoms with Crippen LogP contribution in [-0.2, 0) is 6.54 Å². The first-order chi connectivity index (χ1) is 17.9. The van der Waals surface area contributed by atoms with Gasteiger partial charge in [-0.3, -0.25) is 14.5 Å². The molecular formula is C25H25F2N5O5. The number of aryl methyl sites for hydroxylation is 1. The van der Waals surface area contributed by atoms with Gasteiger partial charge in [-0.1, -0.05) is 6.92 Å². The maximum Gasteiger partial charge on any atom is 0.281 e. The molecule has 1 aromatic carbocycles. The minimum absolute atomic E-state index is 0.0252. The van der Waals surface area contributed by atoms with E-state index in [9.17, 15) is 13.6 Å². The molecule has 3 aromatic heterocycles. The summed E-state index contributed by atoms with van der Waals surface area (Å²) in [6.45, 7) is 1.59. The summed E-state index contributed by atoms with van der Waals surface area (Å²) >= 11 is 0. The lowest BCUT2D eigenvalue weighted by molar-refractivity contribution is 0.0803. The molecule has 3 heterocycles. The molecule has 0 aliphatic rings. The van der Waals surface area contributed by atoms with Gasteiger partial charge in [0.1, 0.15) is 23.9 Å². The number of carbonyl (C=O) groups is 1. The standard InChI is InChI=1S/C25H25F2N5O5/c1-4-9-32-13-21(36-14-22(26)27)24(31-32)25(33)30-23-6-5-15(12-29-23)37-18-7-8-28-17-11-20(35-3)19(34-2)10-16(17)18/h5-8,10-13,22H,4,9,14H2,1-3H3,(H,29,30,33). The molecule has 0 atom stereocenters. The van der Waals surface area contributed by atoms with Gasteiger partial charge in [-0.05, 0) is 30.7 Å². The zero-order chi connectivity index (χ0) is 26.4. The number of nitrogens with one attached hydrogen (secondary N) is 1. The van der Waals surface area contributed by atoms with Crippen molar-refractivity contribution < 1.29 is 32.5 Å². The van der Waals surface area contributed by atoms with E-state index in [0.29, 0.717) is 40.4 Å². The van der Waals surface area contributed by atoms with Crippen molar-refractivity contribution in [3.05, 3.63) is 54.6 Å². The highest BCUT2D eigenvalue weighted by Crippen LogP contribution is 2.36. The SMILES string of the molecule is CCCn1cc(OCC(F)F)c(C(=O)Nc2ccc(Oc3ccnc4cc(OC)c(OC)cc34)cn2)n1. The van der Waals surface area contributed by atoms with Gasteiger partial charge in [0.15, 0.2) is 22.9 Å². The molecule has 0 aliphatic heterocycles. The third-order valence-corrected chi connectivity index (χ3v) is 5.17. The number of halogens is 2. The Labute approximate surface area is 211 Å². The van der Waals surface area contributed by atoms with E-state index in [1.807, 2.05) is 6.92 Å². The maximum atomic E-state index is 12.8. The van der Waals surface area contributed by atoms with Crippen molar-refractivity contribution in [1.82, 2.24) is 19.7 Å². The quantitative estimate of drug-likeness (QED) is 0.300. The Bertz CT molecular complexity index is 1380. The molecule has 0 radical (unpaired) electrons. The first-order valence-corrected chi connectivity index (χ1v) is 11.4. The lowest BCUT2D eigenvalue weighted by Crippen LogP contribution is -2.16. The zero-order valence-corrected chi connectivity index (χ0v) is 20.4. The minimum Gasteiger partial charge on any atom is -0.493 e. The highest BCUT2D eigenvalue weighted by molar-refractivity contribution is 6.04. The topological polar surface area (TPSA) is 110 Å². The fourth-order valence-electron chi connectivity index (χ4n) is 3.52. The van der Waals surface area contributed by atoms with Gasteiger partial charge in [0.2, 0.25) is 0 Å². The Morgan fingerprint density at radius 2 is 1.84 bits per heavy atom. The summed E-state index contributed by atoms with van der Waals surface area (Å²) in [5.41, 5.74) is 0.545. The summed E-state index contributed by atoms with van der Waals surface area (Å²) in [5.74, 6) is 1.56. The molecule has 0 spiro atoms. The van der Waals surface area contributed by atoms with E-state index < -0.39 is 18.9 Å². The normalized spacial score (nSPS) is 11.0. The van der Waals surface area contributed by atoms with Crippen molar-refractivity contribution in [1.29, 1.82) is 0 Å². The number of rotatable bonds is 11. The highest BCUT2D eigenvalue weighted by Gasteiger charge is 2.20. The molecule has 4 rings (SSSR count). The summed E-state index contributed by atoms with van der Waals surface area (Å²) in [6, 6.07) is 8.39. The summed E-state index contributed by atoms with van der Waals surface area (Å²) in [6.07, 6.45) is 2.53. The molecule has 0 unspecified atom stereocenters. The second-order valence-electron chi connectivity index (χ2n) is 7.78. The van der Waals surface area contributed by atoms with Crippen molar-refractivity contribution in [2.45, 2.75) is 26.3 Å². The van der Waals surface area contributed by atoms with Crippen LogP contribution in [0.2, 0.25) is 0 Å². The number of hydrogen-bond donors (Lipinski definition) is 1. The van der Waals surface area contributed by atoms with E-state index in [4.69, 9.17) is 18.9 Å². The van der Waals surface area contributed by atoms with Gasteiger partial charge in [0.05, 0.1) is 32.1 Å². The molecular weight excluding hydrogens is 488 g/mol. The molecule has 0 aliphatic carbocycles. The Morgan fingerprint density at radius 3 is 2.51 bits per heavy atom. The molecule has 0 saturated carbocycles. The van der Waals surface area contributed by atoms with Crippen LogP contribution >= 0.6 is 0 Å². The molecule has 4 aromatic rings. The van der Waals surface area contributed by atoms with E-state index in [-0.39, 0.29) is 17.3 Å². The molecule has 0 bridgehead atoms. The molecule has 0 fully saturated rings. The smallest absolute Gasteiger partial charge is 0.281 e. The van der Waals surface area contributed by atoms with E-state index in [0.717, 1.165) is 6.42 Å². The summed E-state index contributed by atoms with van der Waals surface area (Å²) in [5, 5.41) is 7.47. The summed E-state index contributed by atoms with van der Waals surface area (Å²) in [7, 11) is 3.09. The van der Waals surface area contributed by atoms with Gasteiger partial charge in [-0.2, -0.15) is 5.10 Å². The van der Waals surface area contributed by atoms with E-state index in [1.165, 1.54) is 17.1 Å². The lowest BCUT2D eigenvalue weighted by atomic mass is 10.2. The predicted molar refractivity (Wildman–Crippen MR) is 131 cm³/mol. The van der Waals surface area contributed by atoms with Gasteiger partial charge in [-0.25, -0.2) is 13.8 Å². The first kappa shape index (κ1) is 25.6. The fourth-order valence-corrected chi connectivity index (χ4v) is 3.52. The number of amides is 1. The van der Waals surface area contributed by atoms with Crippen molar-refractivity contribution >= 4 is 22.6 Å². The van der Waals surface area contributed by atoms with Gasteiger partial charge in [0, 0.05) is 24.2 Å². The number of alkyl halides is 2. The maximum absolute atomic E-state index is 12.8. The van der Waals surface area contributed by atoms with Crippen molar-refractivity contribution in [3.63, 3.8) is 0 Å². The summed E-state index contributed by atoms with van der Waals surface area (Å²) < 4.78 is 48.5. The zero-order valence-electron chi connectivity index (χ0n) is 20.4. The third-order valence-electron chi connectivity index (χ3n) is 5.17. The molecule has 37 heavy (non-hydrogen) atoms. The number of carbonyl (C=O) groups excluding carboxylic acids is 1. The van der Waals surface area contributed by atoms with Gasteiger partial charge >= 0.3 is 0 Å². The van der Waals surface area contributed by atoms with Crippen LogP contribution in [0.15, 0.2) is 48.9 Å². The first-order valence-electron chi connectivity index (χ1n) is 11.4. The summed E-state index contributed by atoms with van der Waals surface area (Å²) in [4.78, 5) is 21.3. The van der Waals surface area contributed by atoms with E-state index in [1.54, 1.807) is 50.7 Å². The number of nitrogens with zero attached hydrogens (tertiary/aromatic N) is 4. The van der Waals surface area contributed by atoms with Crippen molar-refractivity contribution in [2.24, 2.45) is 0 Å². The van der Waals surface area contributed by atoms with Gasteiger partial charge in [-0.15, -0.1) is 0 Å². The van der Waals surface area contributed by atoms with Crippen LogP contribution in [0, 0.1) is 0 Å². The number of ether oxygens (including phenoxy) is 4. The molecule has 0 saturated heterocycles. The van der Waals surface area contributed by atoms with Crippen LogP contribution in [-0.4, -0.2) is 52.9 Å². The number of fused-ring (bicyclic) bond motifs is 1. The average Bonchev–Trinajstić information content (AvgIpc) is 3.31. The van der Waals surface area contributed by atoms with Gasteiger partial charge < -0.3 is 24.3 Å². The number of methoxy groups -OCH3 is 2. The molecule has 1 N–H and O–H groups in total.